The highest BCUT2D eigenvalue weighted by Crippen LogP contribution is 2.43. The number of halogens is 3. The number of amides is 1. The summed E-state index contributed by atoms with van der Waals surface area (Å²) in [5.41, 5.74) is 4.03. The predicted molar refractivity (Wildman–Crippen MR) is 226 cm³/mol. The molecule has 5 aromatic rings. The largest absolute Gasteiger partial charge is 0.456 e. The minimum atomic E-state index is -4.45. The molecule has 1 aliphatic carbocycles. The van der Waals surface area contributed by atoms with Gasteiger partial charge in [0.15, 0.2) is 0 Å². The van der Waals surface area contributed by atoms with Gasteiger partial charge in [0.05, 0.1) is 34.2 Å². The lowest BCUT2D eigenvalue weighted by Crippen LogP contribution is -2.38. The van der Waals surface area contributed by atoms with Gasteiger partial charge in [0.25, 0.3) is 15.9 Å². The third-order valence-electron chi connectivity index (χ3n) is 10.6. The van der Waals surface area contributed by atoms with Crippen molar-refractivity contribution in [3.8, 4) is 11.5 Å². The Morgan fingerprint density at radius 2 is 1.76 bits per heavy atom. The summed E-state index contributed by atoms with van der Waals surface area (Å²) in [5, 5.41) is 18.2. The van der Waals surface area contributed by atoms with Crippen LogP contribution < -0.4 is 25.4 Å². The monoisotopic (exact) mass is 849 g/mol. The lowest BCUT2D eigenvalue weighted by Gasteiger charge is -2.34. The zero-order valence-corrected chi connectivity index (χ0v) is 34.6. The molecule has 5 N–H and O–H groups in total. The molecule has 1 amide bonds. The van der Waals surface area contributed by atoms with Crippen LogP contribution in [0.4, 0.5) is 15.9 Å². The molecular weight excluding hydrogens is 804 g/mol. The Hall–Kier alpha value is -4.73. The highest BCUT2D eigenvalue weighted by atomic mass is 35.5. The van der Waals surface area contributed by atoms with E-state index in [0.717, 1.165) is 48.6 Å². The van der Waals surface area contributed by atoms with E-state index < -0.39 is 21.6 Å². The molecule has 1 saturated heterocycles. The summed E-state index contributed by atoms with van der Waals surface area (Å²) in [6.45, 7) is 7.14. The third-order valence-corrected chi connectivity index (χ3v) is 12.4. The van der Waals surface area contributed by atoms with Gasteiger partial charge in [0.2, 0.25) is 0 Å². The van der Waals surface area contributed by atoms with E-state index >= 15 is 4.39 Å². The van der Waals surface area contributed by atoms with Crippen molar-refractivity contribution in [1.29, 1.82) is 0 Å². The van der Waals surface area contributed by atoms with Gasteiger partial charge in [-0.15, -0.1) is 0 Å². The zero-order valence-electron chi connectivity index (χ0n) is 32.3. The van der Waals surface area contributed by atoms with Crippen molar-refractivity contribution < 1.29 is 27.1 Å². The van der Waals surface area contributed by atoms with Crippen molar-refractivity contribution in [3.05, 3.63) is 106 Å². The lowest BCUT2D eigenvalue weighted by atomic mass is 9.72. The fraction of sp³-hybridized carbons (Fsp3) is 0.357. The molecule has 16 heteroatoms. The number of alkyl halides is 1. The second-order valence-electron chi connectivity index (χ2n) is 15.5. The predicted octanol–water partition coefficient (Wildman–Crippen LogP) is 8.77. The number of hydrogen-bond donors (Lipinski definition) is 5. The molecule has 1 fully saturated rings. The van der Waals surface area contributed by atoms with Crippen LogP contribution in [0, 0.1) is 5.41 Å². The van der Waals surface area contributed by atoms with Gasteiger partial charge in [-0.1, -0.05) is 60.8 Å². The van der Waals surface area contributed by atoms with Crippen molar-refractivity contribution in [3.63, 3.8) is 0 Å². The van der Waals surface area contributed by atoms with Gasteiger partial charge >= 0.3 is 0 Å². The van der Waals surface area contributed by atoms with E-state index in [-0.39, 0.29) is 51.9 Å². The molecule has 2 aliphatic rings. The van der Waals surface area contributed by atoms with Gasteiger partial charge in [0, 0.05) is 68.7 Å². The maximum absolute atomic E-state index is 15.1. The van der Waals surface area contributed by atoms with E-state index in [0.29, 0.717) is 43.1 Å². The number of benzene rings is 3. The average molecular weight is 851 g/mol. The first-order valence-electron chi connectivity index (χ1n) is 19.2. The molecule has 7 rings (SSSR count). The Kier molecular flexibility index (Phi) is 12.6. The molecule has 3 heterocycles. The Morgan fingerprint density at radius 1 is 0.966 bits per heavy atom. The number of aromatic nitrogens is 3. The highest BCUT2D eigenvalue weighted by molar-refractivity contribution is 7.90. The summed E-state index contributed by atoms with van der Waals surface area (Å²) in [6, 6.07) is 19.4. The molecule has 1 aliphatic heterocycles. The second-order valence-corrected chi connectivity index (χ2v) is 18.0. The quantitative estimate of drug-likeness (QED) is 0.0645. The number of pyridine rings is 1. The topological polar surface area (TPSA) is 159 Å². The van der Waals surface area contributed by atoms with Crippen molar-refractivity contribution in [2.45, 2.75) is 56.5 Å². The lowest BCUT2D eigenvalue weighted by molar-refractivity contribution is -0.00119. The molecule has 2 aromatic heterocycles. The van der Waals surface area contributed by atoms with E-state index in [4.69, 9.17) is 32.7 Å². The van der Waals surface area contributed by atoms with E-state index in [9.17, 15) is 13.2 Å². The number of ether oxygens (including phenoxy) is 2. The van der Waals surface area contributed by atoms with Gasteiger partial charge in [0.1, 0.15) is 27.9 Å². The first-order chi connectivity index (χ1) is 27.8. The summed E-state index contributed by atoms with van der Waals surface area (Å²) >= 11 is 12.6. The first kappa shape index (κ1) is 41.4. The number of anilines is 2. The number of carbonyl (C=O) groups is 1. The van der Waals surface area contributed by atoms with Crippen LogP contribution in [-0.4, -0.2) is 74.6 Å². The number of fused-ring (bicyclic) bond motifs is 1. The van der Waals surface area contributed by atoms with E-state index in [1.54, 1.807) is 30.5 Å². The number of H-pyrrole nitrogens is 1. The van der Waals surface area contributed by atoms with Gasteiger partial charge < -0.3 is 25.4 Å². The summed E-state index contributed by atoms with van der Waals surface area (Å²) in [7, 11) is -4.45. The number of carbonyl (C=O) groups excluding carboxylic acids is 1. The molecule has 3 aromatic carbocycles. The van der Waals surface area contributed by atoms with Crippen molar-refractivity contribution >= 4 is 67.1 Å². The van der Waals surface area contributed by atoms with Crippen LogP contribution >= 0.6 is 23.2 Å². The fourth-order valence-corrected chi connectivity index (χ4v) is 8.52. The summed E-state index contributed by atoms with van der Waals surface area (Å²) in [4.78, 5) is 17.5. The number of allylic oxidation sites excluding steroid dienone is 1. The number of nitrogens with zero attached hydrogens (tertiary/aromatic N) is 2. The van der Waals surface area contributed by atoms with Crippen molar-refractivity contribution in [2.75, 3.05) is 50.0 Å². The molecule has 58 heavy (non-hydrogen) atoms. The van der Waals surface area contributed by atoms with Crippen LogP contribution in [0.2, 0.25) is 10.0 Å². The van der Waals surface area contributed by atoms with Crippen LogP contribution in [0.25, 0.3) is 16.5 Å². The van der Waals surface area contributed by atoms with Crippen LogP contribution in [0.15, 0.2) is 89.6 Å². The number of rotatable bonds is 15. The molecule has 0 radical (unpaired) electrons. The number of aromatic amines is 1. The molecule has 0 unspecified atom stereocenters. The molecule has 0 bridgehead atoms. The summed E-state index contributed by atoms with van der Waals surface area (Å²) in [6.07, 6.45) is 6.22. The minimum absolute atomic E-state index is 0.0308. The smallest absolute Gasteiger partial charge is 0.268 e. The molecular formula is C42H46Cl2FN7O5S. The maximum atomic E-state index is 15.1. The Labute approximate surface area is 347 Å². The molecule has 0 atom stereocenters. The highest BCUT2D eigenvalue weighted by Gasteiger charge is 2.33. The Balaban J connectivity index is 1.04. The SMILES string of the molecule is CC1(C)CCC(CNCCNc2ccc(C(=O)NS(=O)(=O)c3cnc(NCC4(F)CCOCC4)c(Cl)c3)c(Oc3cccc4[nH]ncc34)c2)=C(c2ccc(Cl)cc2)C1. The molecule has 0 spiro atoms. The normalized spacial score (nSPS) is 16.6. The molecule has 306 valence electrons. The standard InChI is InChI=1S/C42H46Cl2FN7O5S/c1-41(2)13-12-28(33(22-41)27-6-8-29(43)9-7-27)23-46-16-17-47-30-10-11-32(38(20-30)57-37-5-3-4-36-34(37)25-50-51-36)40(53)52-58(54,55)31-21-35(44)39(48-24-31)49-26-42(45)14-18-56-19-15-42/h3-11,20-21,24-25,46-47H,12-19,22-23,26H2,1-2H3,(H,48,49)(H,50,51)(H,52,53). The van der Waals surface area contributed by atoms with Gasteiger partial charge in [-0.05, 0) is 78.3 Å². The van der Waals surface area contributed by atoms with Crippen LogP contribution in [0.1, 0.15) is 61.9 Å². The van der Waals surface area contributed by atoms with E-state index in [1.807, 2.05) is 18.2 Å². The summed E-state index contributed by atoms with van der Waals surface area (Å²) in [5.74, 6) is -0.279. The van der Waals surface area contributed by atoms with Crippen molar-refractivity contribution in [2.24, 2.45) is 5.41 Å². The van der Waals surface area contributed by atoms with Gasteiger partial charge in [-0.25, -0.2) is 22.5 Å². The molecule has 12 nitrogen and oxygen atoms in total. The average Bonchev–Trinajstić information content (AvgIpc) is 3.68. The maximum Gasteiger partial charge on any atom is 0.268 e. The molecule has 0 saturated carbocycles. The zero-order chi connectivity index (χ0) is 40.9. The first-order valence-corrected chi connectivity index (χ1v) is 21.4. The van der Waals surface area contributed by atoms with Crippen LogP contribution in [0.5, 0.6) is 11.5 Å². The number of hydrogen-bond acceptors (Lipinski definition) is 10. The van der Waals surface area contributed by atoms with Gasteiger partial charge in [-0.3, -0.25) is 9.89 Å². The third kappa shape index (κ3) is 10.1. The Morgan fingerprint density at radius 3 is 2.53 bits per heavy atom. The number of sulfonamides is 1. The van der Waals surface area contributed by atoms with Crippen LogP contribution in [-0.2, 0) is 14.8 Å². The minimum Gasteiger partial charge on any atom is -0.456 e. The summed E-state index contributed by atoms with van der Waals surface area (Å²) < 4.78 is 55.7. The van der Waals surface area contributed by atoms with Gasteiger partial charge in [-0.2, -0.15) is 5.10 Å². The van der Waals surface area contributed by atoms with Crippen LogP contribution in [0.3, 0.4) is 0 Å². The van der Waals surface area contributed by atoms with E-state index in [1.165, 1.54) is 22.8 Å². The Bertz CT molecular complexity index is 2420. The fourth-order valence-electron chi connectivity index (χ4n) is 7.16. The second kappa shape index (κ2) is 17.6. The number of nitrogens with one attached hydrogen (secondary N) is 5. The van der Waals surface area contributed by atoms with Crippen molar-refractivity contribution in [1.82, 2.24) is 25.2 Å². The van der Waals surface area contributed by atoms with E-state index in [2.05, 4.69) is 61.8 Å².